The summed E-state index contributed by atoms with van der Waals surface area (Å²) in [5.41, 5.74) is 3.26. The molecule has 5 heteroatoms. The highest BCUT2D eigenvalue weighted by Gasteiger charge is 2.61. The Morgan fingerprint density at radius 3 is 2.22 bits per heavy atom. The molecular weight excluding hydrogens is 400 g/mol. The molecule has 1 aliphatic carbocycles. The van der Waals surface area contributed by atoms with Gasteiger partial charge in [0.05, 0.1) is 24.6 Å². The van der Waals surface area contributed by atoms with Gasteiger partial charge in [-0.2, -0.15) is 0 Å². The molecule has 168 valence electrons. The highest BCUT2D eigenvalue weighted by molar-refractivity contribution is 6.06. The van der Waals surface area contributed by atoms with Gasteiger partial charge in [0.25, 0.3) is 11.7 Å². The number of fused-ring (bicyclic) bond motifs is 3. The van der Waals surface area contributed by atoms with Crippen LogP contribution in [0, 0.1) is 5.92 Å². The van der Waals surface area contributed by atoms with Crippen LogP contribution in [0.3, 0.4) is 0 Å². The number of anilines is 1. The van der Waals surface area contributed by atoms with Gasteiger partial charge in [-0.15, -0.1) is 0 Å². The van der Waals surface area contributed by atoms with Gasteiger partial charge in [0.15, 0.2) is 0 Å². The van der Waals surface area contributed by atoms with E-state index in [4.69, 9.17) is 9.47 Å². The van der Waals surface area contributed by atoms with Gasteiger partial charge in [0, 0.05) is 18.7 Å². The summed E-state index contributed by atoms with van der Waals surface area (Å²) in [5, 5.41) is 0. The maximum atomic E-state index is 13.8. The molecule has 2 aromatic rings. The topological polar surface area (TPSA) is 42.0 Å². The van der Waals surface area contributed by atoms with Crippen molar-refractivity contribution < 1.29 is 14.3 Å². The van der Waals surface area contributed by atoms with E-state index in [1.807, 2.05) is 29.2 Å². The van der Waals surface area contributed by atoms with Crippen molar-refractivity contribution in [3.8, 4) is 0 Å². The predicted molar refractivity (Wildman–Crippen MR) is 123 cm³/mol. The van der Waals surface area contributed by atoms with Crippen molar-refractivity contribution in [1.82, 2.24) is 4.90 Å². The summed E-state index contributed by atoms with van der Waals surface area (Å²) in [6, 6.07) is 18.8. The minimum atomic E-state index is -1.23. The molecule has 2 aromatic carbocycles. The van der Waals surface area contributed by atoms with Gasteiger partial charge in [-0.25, -0.2) is 0 Å². The molecule has 6 rings (SSSR count). The number of likely N-dealkylation sites (tertiary alicyclic amines) is 1. The van der Waals surface area contributed by atoms with Crippen LogP contribution in [0.5, 0.6) is 0 Å². The molecule has 32 heavy (non-hydrogen) atoms. The molecule has 0 radical (unpaired) electrons. The van der Waals surface area contributed by atoms with Gasteiger partial charge in [0.1, 0.15) is 0 Å². The molecule has 4 aliphatic rings. The van der Waals surface area contributed by atoms with Crippen LogP contribution in [0.15, 0.2) is 54.6 Å². The molecule has 5 nitrogen and oxygen atoms in total. The molecule has 1 spiro atoms. The van der Waals surface area contributed by atoms with Gasteiger partial charge in [0.2, 0.25) is 0 Å². The van der Waals surface area contributed by atoms with Gasteiger partial charge >= 0.3 is 0 Å². The first-order valence-corrected chi connectivity index (χ1v) is 12.3. The number of carbonyl (C=O) groups is 1. The summed E-state index contributed by atoms with van der Waals surface area (Å²) in [7, 11) is 0. The van der Waals surface area contributed by atoms with E-state index < -0.39 is 5.79 Å². The molecular formula is C27H32N2O3. The number of rotatable bonds is 4. The molecule has 3 heterocycles. The molecule has 2 atom stereocenters. The summed E-state index contributed by atoms with van der Waals surface area (Å²) >= 11 is 0. The minimum absolute atomic E-state index is 0.0365. The van der Waals surface area contributed by atoms with Crippen molar-refractivity contribution in [2.45, 2.75) is 62.9 Å². The molecule has 2 saturated heterocycles. The predicted octanol–water partition coefficient (Wildman–Crippen LogP) is 4.46. The average molecular weight is 433 g/mol. The van der Waals surface area contributed by atoms with E-state index in [0.29, 0.717) is 12.6 Å². The minimum Gasteiger partial charge on any atom is -0.332 e. The first kappa shape index (κ1) is 20.4. The number of piperidine rings is 1. The number of hydrogen-bond donors (Lipinski definition) is 0. The molecule has 2 unspecified atom stereocenters. The maximum Gasteiger partial charge on any atom is 0.293 e. The monoisotopic (exact) mass is 432 g/mol. The molecule has 1 saturated carbocycles. The summed E-state index contributed by atoms with van der Waals surface area (Å²) in [5.74, 6) is -0.562. The second-order valence-corrected chi connectivity index (χ2v) is 9.86. The van der Waals surface area contributed by atoms with Crippen molar-refractivity contribution in [3.63, 3.8) is 0 Å². The Labute approximate surface area is 190 Å². The molecule has 0 aromatic heterocycles. The smallest absolute Gasteiger partial charge is 0.293 e. The second kappa shape index (κ2) is 8.29. The third kappa shape index (κ3) is 3.47. The third-order valence-corrected chi connectivity index (χ3v) is 7.77. The zero-order valence-electron chi connectivity index (χ0n) is 18.6. The fourth-order valence-corrected chi connectivity index (χ4v) is 6.02. The Kier molecular flexibility index (Phi) is 5.28. The highest BCUT2D eigenvalue weighted by Crippen LogP contribution is 2.51. The number of para-hydroxylation sites is 1. The van der Waals surface area contributed by atoms with E-state index in [0.717, 1.165) is 56.4 Å². The molecule has 1 amide bonds. The first-order valence-electron chi connectivity index (χ1n) is 12.3. The van der Waals surface area contributed by atoms with Crippen LogP contribution in [0.2, 0.25) is 0 Å². The zero-order chi connectivity index (χ0) is 21.5. The number of benzene rings is 2. The number of hydrogen-bond acceptors (Lipinski definition) is 4. The third-order valence-electron chi connectivity index (χ3n) is 7.77. The van der Waals surface area contributed by atoms with Crippen molar-refractivity contribution in [2.24, 2.45) is 5.92 Å². The van der Waals surface area contributed by atoms with Crippen LogP contribution in [-0.4, -0.2) is 42.8 Å². The van der Waals surface area contributed by atoms with Gasteiger partial charge in [-0.3, -0.25) is 14.6 Å². The highest BCUT2D eigenvalue weighted by atomic mass is 16.8. The fraction of sp³-hybridized carbons (Fsp3) is 0.519. The van der Waals surface area contributed by atoms with Crippen molar-refractivity contribution in [3.05, 3.63) is 65.7 Å². The van der Waals surface area contributed by atoms with Crippen LogP contribution < -0.4 is 4.90 Å². The van der Waals surface area contributed by atoms with Crippen LogP contribution >= 0.6 is 0 Å². The molecule has 0 bridgehead atoms. The van der Waals surface area contributed by atoms with E-state index in [1.165, 1.54) is 18.4 Å². The molecule has 0 N–H and O–H groups in total. The summed E-state index contributed by atoms with van der Waals surface area (Å²) in [4.78, 5) is 18.1. The summed E-state index contributed by atoms with van der Waals surface area (Å²) in [6.07, 6.45) is 7.82. The lowest BCUT2D eigenvalue weighted by atomic mass is 9.90. The summed E-state index contributed by atoms with van der Waals surface area (Å²) < 4.78 is 12.8. The van der Waals surface area contributed by atoms with Crippen LogP contribution in [0.25, 0.3) is 0 Å². The van der Waals surface area contributed by atoms with E-state index in [-0.39, 0.29) is 18.1 Å². The van der Waals surface area contributed by atoms with E-state index in [9.17, 15) is 4.79 Å². The lowest BCUT2D eigenvalue weighted by Crippen LogP contribution is -2.48. The number of carbonyl (C=O) groups excluding carboxylic acids is 1. The lowest BCUT2D eigenvalue weighted by molar-refractivity contribution is -0.190. The van der Waals surface area contributed by atoms with Crippen molar-refractivity contribution in [2.75, 3.05) is 24.7 Å². The maximum absolute atomic E-state index is 13.8. The SMILES string of the molecule is O=C1N(CN2CCC(Cc3ccccc3)CC2)c2ccccc2C12OC1CCCCC1O2. The largest absolute Gasteiger partial charge is 0.332 e. The standard InChI is InChI=1S/C27H32N2O3/c30-26-27(31-24-12-6-7-13-25(24)32-27)22-10-4-5-11-23(22)29(26)19-28-16-14-21(15-17-28)18-20-8-2-1-3-9-20/h1-5,8-11,21,24-25H,6-7,12-19H2. The van der Waals surface area contributed by atoms with Gasteiger partial charge in [-0.1, -0.05) is 61.4 Å². The Bertz CT molecular complexity index is 956. The van der Waals surface area contributed by atoms with Crippen molar-refractivity contribution >= 4 is 11.6 Å². The lowest BCUT2D eigenvalue weighted by Gasteiger charge is -2.35. The Balaban J connectivity index is 1.16. The Hall–Kier alpha value is -2.21. The van der Waals surface area contributed by atoms with Crippen LogP contribution in [0.4, 0.5) is 5.69 Å². The van der Waals surface area contributed by atoms with Crippen LogP contribution in [0.1, 0.15) is 49.7 Å². The Morgan fingerprint density at radius 1 is 0.844 bits per heavy atom. The fourth-order valence-electron chi connectivity index (χ4n) is 6.02. The Morgan fingerprint density at radius 2 is 1.50 bits per heavy atom. The normalized spacial score (nSPS) is 30.6. The first-order chi connectivity index (χ1) is 15.7. The zero-order valence-corrected chi connectivity index (χ0v) is 18.6. The number of amides is 1. The number of nitrogens with zero attached hydrogens (tertiary/aromatic N) is 2. The molecule has 3 fully saturated rings. The van der Waals surface area contributed by atoms with Crippen LogP contribution in [-0.2, 0) is 26.5 Å². The number of ether oxygens (including phenoxy) is 2. The van der Waals surface area contributed by atoms with Gasteiger partial charge in [-0.05, 0) is 49.7 Å². The molecule has 3 aliphatic heterocycles. The summed E-state index contributed by atoms with van der Waals surface area (Å²) in [6.45, 7) is 2.64. The van der Waals surface area contributed by atoms with Crippen molar-refractivity contribution in [1.29, 1.82) is 0 Å². The second-order valence-electron chi connectivity index (χ2n) is 9.86. The van der Waals surface area contributed by atoms with E-state index in [1.54, 1.807) is 0 Å². The van der Waals surface area contributed by atoms with Gasteiger partial charge < -0.3 is 9.47 Å². The van der Waals surface area contributed by atoms with E-state index in [2.05, 4.69) is 35.2 Å². The average Bonchev–Trinajstić information content (AvgIpc) is 3.33. The van der Waals surface area contributed by atoms with E-state index >= 15 is 0 Å². The quantitative estimate of drug-likeness (QED) is 0.716.